The van der Waals surface area contributed by atoms with Crippen LogP contribution in [0, 0.1) is 5.92 Å². The summed E-state index contributed by atoms with van der Waals surface area (Å²) in [5, 5.41) is 10.00. The minimum atomic E-state index is -0.660. The van der Waals surface area contributed by atoms with Crippen LogP contribution >= 0.6 is 11.8 Å². The Bertz CT molecular complexity index is 239. The summed E-state index contributed by atoms with van der Waals surface area (Å²) in [6.45, 7) is 5.60. The van der Waals surface area contributed by atoms with Gasteiger partial charge in [0, 0.05) is 12.9 Å². The number of methoxy groups -OCH3 is 1. The molecule has 1 fully saturated rings. The van der Waals surface area contributed by atoms with Crippen LogP contribution in [0.5, 0.6) is 0 Å². The number of ether oxygens (including phenoxy) is 1. The van der Waals surface area contributed by atoms with E-state index in [0.29, 0.717) is 25.4 Å². The molecule has 0 aromatic carbocycles. The zero-order chi connectivity index (χ0) is 12.2. The maximum absolute atomic E-state index is 11.7. The molecule has 0 unspecified atom stereocenters. The second kappa shape index (κ2) is 5.89. The van der Waals surface area contributed by atoms with Crippen molar-refractivity contribution in [3.8, 4) is 0 Å². The highest BCUT2D eigenvalue weighted by Gasteiger charge is 2.45. The first-order chi connectivity index (χ1) is 7.49. The normalized spacial score (nSPS) is 18.7. The van der Waals surface area contributed by atoms with E-state index in [1.165, 1.54) is 0 Å². The van der Waals surface area contributed by atoms with Crippen molar-refractivity contribution < 1.29 is 14.6 Å². The Hall–Kier alpha value is -0.260. The van der Waals surface area contributed by atoms with E-state index in [1.54, 1.807) is 23.8 Å². The van der Waals surface area contributed by atoms with Crippen molar-refractivity contribution in [3.05, 3.63) is 0 Å². The lowest BCUT2D eigenvalue weighted by molar-refractivity contribution is -0.161. The third kappa shape index (κ3) is 3.37. The number of hydrogen-bond donors (Lipinski definition) is 1. The standard InChI is InChI=1S/C11H21NO3S/c1-9(2)11(14)7-12(8-11)10(13)6-16-5-4-15-3/h9,14H,4-8H2,1-3H3. The third-order valence-corrected chi connectivity index (χ3v) is 3.92. The Kier molecular flexibility index (Phi) is 5.08. The summed E-state index contributed by atoms with van der Waals surface area (Å²) in [5.41, 5.74) is -0.660. The SMILES string of the molecule is COCCSCC(=O)N1CC(O)(C(C)C)C1. The molecular formula is C11H21NO3S. The van der Waals surface area contributed by atoms with E-state index in [2.05, 4.69) is 0 Å². The first-order valence-electron chi connectivity index (χ1n) is 5.56. The average molecular weight is 247 g/mol. The number of thioether (sulfide) groups is 1. The number of carbonyl (C=O) groups excluding carboxylic acids is 1. The smallest absolute Gasteiger partial charge is 0.232 e. The van der Waals surface area contributed by atoms with E-state index in [1.807, 2.05) is 13.8 Å². The van der Waals surface area contributed by atoms with Crippen LogP contribution in [0.4, 0.5) is 0 Å². The highest BCUT2D eigenvalue weighted by Crippen LogP contribution is 2.28. The topological polar surface area (TPSA) is 49.8 Å². The van der Waals surface area contributed by atoms with Crippen LogP contribution in [-0.2, 0) is 9.53 Å². The molecule has 5 heteroatoms. The van der Waals surface area contributed by atoms with Crippen molar-refractivity contribution in [3.63, 3.8) is 0 Å². The number of amides is 1. The zero-order valence-electron chi connectivity index (χ0n) is 10.2. The molecule has 16 heavy (non-hydrogen) atoms. The second-order valence-electron chi connectivity index (χ2n) is 4.55. The minimum absolute atomic E-state index is 0.117. The molecule has 0 atom stereocenters. The Morgan fingerprint density at radius 2 is 2.19 bits per heavy atom. The Morgan fingerprint density at radius 1 is 1.56 bits per heavy atom. The molecule has 0 aromatic rings. The van der Waals surface area contributed by atoms with Gasteiger partial charge in [0.15, 0.2) is 0 Å². The van der Waals surface area contributed by atoms with Crippen LogP contribution in [0.2, 0.25) is 0 Å². The van der Waals surface area contributed by atoms with E-state index < -0.39 is 5.60 Å². The molecule has 94 valence electrons. The lowest BCUT2D eigenvalue weighted by Gasteiger charge is -2.49. The van der Waals surface area contributed by atoms with Crippen LogP contribution in [-0.4, -0.2) is 59.8 Å². The van der Waals surface area contributed by atoms with Crippen LogP contribution < -0.4 is 0 Å². The number of hydrogen-bond acceptors (Lipinski definition) is 4. The number of nitrogens with zero attached hydrogens (tertiary/aromatic N) is 1. The van der Waals surface area contributed by atoms with Crippen LogP contribution in [0.1, 0.15) is 13.8 Å². The maximum atomic E-state index is 11.7. The molecule has 0 saturated carbocycles. The molecule has 0 spiro atoms. The Labute approximate surface area is 101 Å². The van der Waals surface area contributed by atoms with Crippen molar-refractivity contribution >= 4 is 17.7 Å². The average Bonchev–Trinajstić information content (AvgIpc) is 2.19. The van der Waals surface area contributed by atoms with Gasteiger partial charge in [0.25, 0.3) is 0 Å². The van der Waals surface area contributed by atoms with Gasteiger partial charge in [0.1, 0.15) is 5.60 Å². The summed E-state index contributed by atoms with van der Waals surface area (Å²) in [6.07, 6.45) is 0. The van der Waals surface area contributed by atoms with E-state index >= 15 is 0 Å². The summed E-state index contributed by atoms with van der Waals surface area (Å²) < 4.78 is 4.90. The van der Waals surface area contributed by atoms with Crippen molar-refractivity contribution in [2.45, 2.75) is 19.4 Å². The zero-order valence-corrected chi connectivity index (χ0v) is 11.0. The molecule has 1 heterocycles. The molecule has 1 aliphatic rings. The van der Waals surface area contributed by atoms with Crippen LogP contribution in [0.25, 0.3) is 0 Å². The van der Waals surface area contributed by atoms with Gasteiger partial charge in [-0.2, -0.15) is 0 Å². The van der Waals surface area contributed by atoms with Gasteiger partial charge in [-0.25, -0.2) is 0 Å². The fourth-order valence-corrected chi connectivity index (χ4v) is 2.34. The molecule has 1 saturated heterocycles. The molecule has 1 rings (SSSR count). The lowest BCUT2D eigenvalue weighted by Crippen LogP contribution is -2.66. The number of rotatable bonds is 6. The molecule has 0 radical (unpaired) electrons. The molecule has 4 nitrogen and oxygen atoms in total. The summed E-state index contributed by atoms with van der Waals surface area (Å²) in [5.74, 6) is 1.64. The predicted molar refractivity (Wildman–Crippen MR) is 65.6 cm³/mol. The monoisotopic (exact) mass is 247 g/mol. The maximum Gasteiger partial charge on any atom is 0.232 e. The van der Waals surface area contributed by atoms with E-state index in [9.17, 15) is 9.90 Å². The summed E-state index contributed by atoms with van der Waals surface area (Å²) >= 11 is 1.57. The number of carbonyl (C=O) groups is 1. The highest BCUT2D eigenvalue weighted by atomic mass is 32.2. The van der Waals surface area contributed by atoms with Gasteiger partial charge >= 0.3 is 0 Å². The van der Waals surface area contributed by atoms with Crippen molar-refractivity contribution in [2.24, 2.45) is 5.92 Å². The Balaban J connectivity index is 2.17. The highest BCUT2D eigenvalue weighted by molar-refractivity contribution is 7.99. The summed E-state index contributed by atoms with van der Waals surface area (Å²) in [7, 11) is 1.65. The first-order valence-corrected chi connectivity index (χ1v) is 6.72. The molecule has 0 aromatic heterocycles. The van der Waals surface area contributed by atoms with Crippen molar-refractivity contribution in [2.75, 3.05) is 38.3 Å². The molecule has 1 amide bonds. The van der Waals surface area contributed by atoms with Gasteiger partial charge in [0.2, 0.25) is 5.91 Å². The fraction of sp³-hybridized carbons (Fsp3) is 0.909. The largest absolute Gasteiger partial charge is 0.386 e. The molecular weight excluding hydrogens is 226 g/mol. The van der Waals surface area contributed by atoms with E-state index in [0.717, 1.165) is 5.75 Å². The lowest BCUT2D eigenvalue weighted by atomic mass is 9.83. The third-order valence-electron chi connectivity index (χ3n) is 3.01. The van der Waals surface area contributed by atoms with Gasteiger partial charge in [-0.3, -0.25) is 4.79 Å². The van der Waals surface area contributed by atoms with Gasteiger partial charge in [-0.15, -0.1) is 11.8 Å². The number of likely N-dealkylation sites (tertiary alicyclic amines) is 1. The number of β-amino-alcohol motifs (C(OH)–C–C–N with tert-alkyl or cyclic N) is 1. The molecule has 0 bridgehead atoms. The van der Waals surface area contributed by atoms with Gasteiger partial charge < -0.3 is 14.7 Å². The molecule has 0 aliphatic carbocycles. The summed E-state index contributed by atoms with van der Waals surface area (Å²) in [6, 6.07) is 0. The Morgan fingerprint density at radius 3 is 2.69 bits per heavy atom. The van der Waals surface area contributed by atoms with Gasteiger partial charge in [0.05, 0.1) is 25.4 Å². The van der Waals surface area contributed by atoms with E-state index in [4.69, 9.17) is 4.74 Å². The quantitative estimate of drug-likeness (QED) is 0.698. The summed E-state index contributed by atoms with van der Waals surface area (Å²) in [4.78, 5) is 13.4. The molecule has 1 N–H and O–H groups in total. The van der Waals surface area contributed by atoms with Crippen LogP contribution in [0.3, 0.4) is 0 Å². The minimum Gasteiger partial charge on any atom is -0.386 e. The van der Waals surface area contributed by atoms with Crippen molar-refractivity contribution in [1.29, 1.82) is 0 Å². The van der Waals surface area contributed by atoms with Crippen LogP contribution in [0.15, 0.2) is 0 Å². The second-order valence-corrected chi connectivity index (χ2v) is 5.66. The fourth-order valence-electron chi connectivity index (χ4n) is 1.55. The van der Waals surface area contributed by atoms with Crippen molar-refractivity contribution in [1.82, 2.24) is 4.90 Å². The van der Waals surface area contributed by atoms with E-state index in [-0.39, 0.29) is 11.8 Å². The molecule has 1 aliphatic heterocycles. The number of aliphatic hydroxyl groups is 1. The van der Waals surface area contributed by atoms with Gasteiger partial charge in [-0.1, -0.05) is 13.8 Å². The van der Waals surface area contributed by atoms with Gasteiger partial charge in [-0.05, 0) is 5.92 Å². The predicted octanol–water partition coefficient (Wildman–Crippen LogP) is 0.595. The first kappa shape index (κ1) is 13.8.